The van der Waals surface area contributed by atoms with E-state index in [2.05, 4.69) is 22.2 Å². The first-order chi connectivity index (χ1) is 9.08. The number of nitrogens with zero attached hydrogens (tertiary/aromatic N) is 3. The molecule has 1 aromatic heterocycles. The standard InChI is InChI=1S/C13H23N5O/c1-4-8-18(10-12(19)17(2)3)9-11-6-5-7-15-13(11)16-14/h5-7H,4,8-10,14H2,1-3H3,(H,15,16). The van der Waals surface area contributed by atoms with Gasteiger partial charge < -0.3 is 10.3 Å². The van der Waals surface area contributed by atoms with E-state index in [1.165, 1.54) is 0 Å². The van der Waals surface area contributed by atoms with Crippen LogP contribution in [-0.2, 0) is 11.3 Å². The predicted octanol–water partition coefficient (Wildman–Crippen LogP) is 0.667. The number of likely N-dealkylation sites (N-methyl/N-ethyl adjacent to an activating group) is 1. The molecule has 1 rings (SSSR count). The fourth-order valence-electron chi connectivity index (χ4n) is 1.80. The van der Waals surface area contributed by atoms with Crippen LogP contribution in [0.2, 0.25) is 0 Å². The van der Waals surface area contributed by atoms with Gasteiger partial charge in [-0.25, -0.2) is 10.8 Å². The van der Waals surface area contributed by atoms with Crippen LogP contribution in [0.5, 0.6) is 0 Å². The summed E-state index contributed by atoms with van der Waals surface area (Å²) in [7, 11) is 3.53. The lowest BCUT2D eigenvalue weighted by Gasteiger charge is -2.23. The first-order valence-corrected chi connectivity index (χ1v) is 6.41. The fraction of sp³-hybridized carbons (Fsp3) is 0.538. The Balaban J connectivity index is 2.74. The Morgan fingerprint density at radius 2 is 2.21 bits per heavy atom. The lowest BCUT2D eigenvalue weighted by molar-refractivity contribution is -0.130. The molecule has 0 aliphatic rings. The molecule has 1 amide bonds. The Morgan fingerprint density at radius 3 is 2.79 bits per heavy atom. The van der Waals surface area contributed by atoms with Crippen LogP contribution in [0.3, 0.4) is 0 Å². The molecular formula is C13H23N5O. The number of anilines is 1. The molecule has 6 heteroatoms. The number of nitrogen functional groups attached to an aromatic ring is 1. The van der Waals surface area contributed by atoms with Crippen LogP contribution in [0.1, 0.15) is 18.9 Å². The molecule has 0 saturated heterocycles. The second-order valence-corrected chi connectivity index (χ2v) is 4.65. The Bertz CT molecular complexity index is 408. The number of nitrogens with two attached hydrogens (primary N) is 1. The average molecular weight is 265 g/mol. The molecule has 0 unspecified atom stereocenters. The minimum atomic E-state index is 0.0968. The molecule has 106 valence electrons. The number of hydrazine groups is 1. The monoisotopic (exact) mass is 265 g/mol. The molecule has 6 nitrogen and oxygen atoms in total. The molecule has 0 radical (unpaired) electrons. The smallest absolute Gasteiger partial charge is 0.236 e. The second-order valence-electron chi connectivity index (χ2n) is 4.65. The van der Waals surface area contributed by atoms with Gasteiger partial charge in [-0.15, -0.1) is 0 Å². The number of pyridine rings is 1. The molecule has 0 aliphatic carbocycles. The van der Waals surface area contributed by atoms with Crippen molar-refractivity contribution in [3.05, 3.63) is 23.9 Å². The van der Waals surface area contributed by atoms with Crippen molar-refractivity contribution in [2.45, 2.75) is 19.9 Å². The van der Waals surface area contributed by atoms with Crippen LogP contribution in [0.4, 0.5) is 5.82 Å². The van der Waals surface area contributed by atoms with Gasteiger partial charge in [0.05, 0.1) is 6.54 Å². The van der Waals surface area contributed by atoms with Crippen molar-refractivity contribution >= 4 is 11.7 Å². The number of carbonyl (C=O) groups excluding carboxylic acids is 1. The number of carbonyl (C=O) groups is 1. The summed E-state index contributed by atoms with van der Waals surface area (Å²) < 4.78 is 0. The average Bonchev–Trinajstić information content (AvgIpc) is 2.39. The summed E-state index contributed by atoms with van der Waals surface area (Å²) in [5.41, 5.74) is 3.58. The summed E-state index contributed by atoms with van der Waals surface area (Å²) in [6.45, 7) is 4.01. The van der Waals surface area contributed by atoms with Gasteiger partial charge in [-0.1, -0.05) is 13.0 Å². The van der Waals surface area contributed by atoms with Crippen LogP contribution < -0.4 is 11.3 Å². The lowest BCUT2D eigenvalue weighted by Crippen LogP contribution is -2.37. The molecule has 19 heavy (non-hydrogen) atoms. The second kappa shape index (κ2) is 7.70. The van der Waals surface area contributed by atoms with Crippen LogP contribution in [0.15, 0.2) is 18.3 Å². The van der Waals surface area contributed by atoms with Gasteiger partial charge in [-0.05, 0) is 19.0 Å². The third-order valence-electron chi connectivity index (χ3n) is 2.82. The summed E-state index contributed by atoms with van der Waals surface area (Å²) in [5, 5.41) is 0. The van der Waals surface area contributed by atoms with E-state index < -0.39 is 0 Å². The molecule has 0 aromatic carbocycles. The zero-order valence-corrected chi connectivity index (χ0v) is 11.9. The topological polar surface area (TPSA) is 74.5 Å². The van der Waals surface area contributed by atoms with Gasteiger partial charge in [0, 0.05) is 32.4 Å². The minimum absolute atomic E-state index is 0.0968. The summed E-state index contributed by atoms with van der Waals surface area (Å²) in [4.78, 5) is 19.7. The van der Waals surface area contributed by atoms with Crippen molar-refractivity contribution in [2.75, 3.05) is 32.6 Å². The first-order valence-electron chi connectivity index (χ1n) is 6.41. The van der Waals surface area contributed by atoms with Gasteiger partial charge >= 0.3 is 0 Å². The maximum atomic E-state index is 11.8. The molecule has 0 spiro atoms. The van der Waals surface area contributed by atoms with Crippen molar-refractivity contribution in [2.24, 2.45) is 5.84 Å². The molecule has 1 heterocycles. The van der Waals surface area contributed by atoms with Crippen molar-refractivity contribution in [3.8, 4) is 0 Å². The van der Waals surface area contributed by atoms with E-state index in [1.807, 2.05) is 12.1 Å². The van der Waals surface area contributed by atoms with E-state index in [0.717, 1.165) is 18.5 Å². The van der Waals surface area contributed by atoms with Gasteiger partial charge in [0.2, 0.25) is 5.91 Å². The lowest BCUT2D eigenvalue weighted by atomic mass is 10.2. The quantitative estimate of drug-likeness (QED) is 0.560. The van der Waals surface area contributed by atoms with Gasteiger partial charge in [0.15, 0.2) is 0 Å². The van der Waals surface area contributed by atoms with E-state index in [4.69, 9.17) is 5.84 Å². The van der Waals surface area contributed by atoms with Gasteiger partial charge in [-0.3, -0.25) is 9.69 Å². The van der Waals surface area contributed by atoms with Crippen LogP contribution in [0, 0.1) is 0 Å². The normalized spacial score (nSPS) is 10.6. The predicted molar refractivity (Wildman–Crippen MR) is 76.3 cm³/mol. The van der Waals surface area contributed by atoms with E-state index in [-0.39, 0.29) is 5.91 Å². The zero-order chi connectivity index (χ0) is 14.3. The van der Waals surface area contributed by atoms with Crippen LogP contribution >= 0.6 is 0 Å². The van der Waals surface area contributed by atoms with Gasteiger partial charge in [-0.2, -0.15) is 0 Å². The number of hydrogen-bond donors (Lipinski definition) is 2. The van der Waals surface area contributed by atoms with Gasteiger partial charge in [0.1, 0.15) is 5.82 Å². The first kappa shape index (κ1) is 15.4. The number of nitrogens with one attached hydrogen (secondary N) is 1. The molecule has 0 bridgehead atoms. The summed E-state index contributed by atoms with van der Waals surface area (Å²) >= 11 is 0. The highest BCUT2D eigenvalue weighted by atomic mass is 16.2. The molecule has 0 aliphatic heterocycles. The Morgan fingerprint density at radius 1 is 1.47 bits per heavy atom. The van der Waals surface area contributed by atoms with E-state index in [9.17, 15) is 4.79 Å². The highest BCUT2D eigenvalue weighted by Gasteiger charge is 2.13. The molecule has 1 aromatic rings. The molecule has 3 N–H and O–H groups in total. The summed E-state index contributed by atoms with van der Waals surface area (Å²) in [6, 6.07) is 3.83. The van der Waals surface area contributed by atoms with Gasteiger partial charge in [0.25, 0.3) is 0 Å². The van der Waals surface area contributed by atoms with Crippen molar-refractivity contribution in [1.29, 1.82) is 0 Å². The van der Waals surface area contributed by atoms with Crippen molar-refractivity contribution in [1.82, 2.24) is 14.8 Å². The van der Waals surface area contributed by atoms with Crippen LogP contribution in [-0.4, -0.2) is 47.9 Å². The number of amides is 1. The highest BCUT2D eigenvalue weighted by molar-refractivity contribution is 5.77. The summed E-state index contributed by atoms with van der Waals surface area (Å²) in [5.74, 6) is 6.19. The highest BCUT2D eigenvalue weighted by Crippen LogP contribution is 2.13. The van der Waals surface area contributed by atoms with E-state index in [1.54, 1.807) is 25.2 Å². The zero-order valence-electron chi connectivity index (χ0n) is 11.9. The van der Waals surface area contributed by atoms with E-state index in [0.29, 0.717) is 18.9 Å². The van der Waals surface area contributed by atoms with Crippen LogP contribution in [0.25, 0.3) is 0 Å². The number of hydrogen-bond acceptors (Lipinski definition) is 5. The Hall–Kier alpha value is -1.66. The third kappa shape index (κ3) is 4.84. The number of aromatic nitrogens is 1. The Labute approximate surface area is 114 Å². The molecule has 0 atom stereocenters. The third-order valence-corrected chi connectivity index (χ3v) is 2.82. The fourth-order valence-corrected chi connectivity index (χ4v) is 1.80. The van der Waals surface area contributed by atoms with Crippen molar-refractivity contribution in [3.63, 3.8) is 0 Å². The Kier molecular flexibility index (Phi) is 6.24. The summed E-state index contributed by atoms with van der Waals surface area (Å²) in [6.07, 6.45) is 2.68. The maximum absolute atomic E-state index is 11.8. The molecule has 0 saturated carbocycles. The van der Waals surface area contributed by atoms with Crippen molar-refractivity contribution < 1.29 is 4.79 Å². The maximum Gasteiger partial charge on any atom is 0.236 e. The SMILES string of the molecule is CCCN(CC(=O)N(C)C)Cc1cccnc1NN. The molecular weight excluding hydrogens is 242 g/mol. The minimum Gasteiger partial charge on any atom is -0.348 e. The molecule has 0 fully saturated rings. The largest absolute Gasteiger partial charge is 0.348 e. The number of rotatable bonds is 7. The van der Waals surface area contributed by atoms with E-state index >= 15 is 0 Å².